The minimum absolute atomic E-state index is 0.159. The molecule has 180 valence electrons. The number of ether oxygens (including phenoxy) is 1. The van der Waals surface area contributed by atoms with Crippen LogP contribution in [-0.4, -0.2) is 48.3 Å². The average Bonchev–Trinajstić information content (AvgIpc) is 2.85. The zero-order valence-corrected chi connectivity index (χ0v) is 19.7. The van der Waals surface area contributed by atoms with Crippen LogP contribution >= 0.6 is 0 Å². The molecule has 0 bridgehead atoms. The van der Waals surface area contributed by atoms with Crippen molar-refractivity contribution in [3.05, 3.63) is 60.9 Å². The molecule has 0 unspecified atom stereocenters. The van der Waals surface area contributed by atoms with Crippen molar-refractivity contribution in [2.24, 2.45) is 0 Å². The molecule has 0 atom stereocenters. The summed E-state index contributed by atoms with van der Waals surface area (Å²) in [6, 6.07) is 15.2. The second kappa shape index (κ2) is 11.3. The maximum atomic E-state index is 12.6. The van der Waals surface area contributed by atoms with Gasteiger partial charge in [-0.3, -0.25) is 15.6 Å². The molecule has 2 aromatic carbocycles. The van der Waals surface area contributed by atoms with Crippen LogP contribution in [0.1, 0.15) is 13.8 Å². The van der Waals surface area contributed by atoms with Crippen molar-refractivity contribution in [2.45, 2.75) is 18.7 Å². The number of carbonyl (C=O) groups excluding carboxylic acids is 1. The second-order valence-corrected chi connectivity index (χ2v) is 8.94. The molecule has 5 N–H and O–H groups in total. The Kier molecular flexibility index (Phi) is 8.22. The van der Waals surface area contributed by atoms with Crippen molar-refractivity contribution in [1.29, 1.82) is 0 Å². The lowest BCUT2D eigenvalue weighted by Gasteiger charge is -2.18. The molecule has 0 aliphatic carbocycles. The van der Waals surface area contributed by atoms with Crippen LogP contribution in [0.3, 0.4) is 0 Å². The fraction of sp³-hybridized carbons (Fsp3) is 0.227. The van der Waals surface area contributed by atoms with E-state index in [1.807, 2.05) is 6.07 Å². The van der Waals surface area contributed by atoms with Gasteiger partial charge in [-0.25, -0.2) is 18.4 Å². The Morgan fingerprint density at radius 2 is 1.65 bits per heavy atom. The predicted octanol–water partition coefficient (Wildman–Crippen LogP) is 2.35. The summed E-state index contributed by atoms with van der Waals surface area (Å²) in [5.74, 6) is 0.612. The lowest BCUT2D eigenvalue weighted by atomic mass is 10.3. The van der Waals surface area contributed by atoms with E-state index in [0.29, 0.717) is 24.5 Å². The van der Waals surface area contributed by atoms with Gasteiger partial charge in [-0.15, -0.1) is 0 Å². The molecule has 0 fully saturated rings. The number of anilines is 4. The number of hydrazine groups is 1. The fourth-order valence-corrected chi connectivity index (χ4v) is 4.44. The minimum atomic E-state index is -3.55. The Balaban J connectivity index is 1.62. The number of rotatable bonds is 11. The molecule has 12 heteroatoms. The molecular weight excluding hydrogens is 458 g/mol. The lowest BCUT2D eigenvalue weighted by Crippen LogP contribution is -2.34. The van der Waals surface area contributed by atoms with Gasteiger partial charge in [0.15, 0.2) is 18.2 Å². The molecule has 0 spiro atoms. The van der Waals surface area contributed by atoms with Gasteiger partial charge in [-0.1, -0.05) is 32.0 Å². The van der Waals surface area contributed by atoms with Gasteiger partial charge in [0.1, 0.15) is 17.8 Å². The van der Waals surface area contributed by atoms with Crippen LogP contribution in [0.5, 0.6) is 5.75 Å². The van der Waals surface area contributed by atoms with E-state index >= 15 is 0 Å². The summed E-state index contributed by atoms with van der Waals surface area (Å²) in [7, 11) is -3.55. The van der Waals surface area contributed by atoms with E-state index in [1.54, 1.807) is 50.2 Å². The standard InChI is InChI=1S/C22H27N7O4S/c1-3-29(4-2)34(31,32)18-12-10-16(11-13-18)26-21-20(23)22(25-15-24-21)28-27-19(30)14-33-17-8-6-5-7-9-17/h5-13,15H,3-4,14,23H2,1-2H3,(H,27,30)(H2,24,25,26,28). The largest absolute Gasteiger partial charge is 0.484 e. The van der Waals surface area contributed by atoms with Gasteiger partial charge in [0.25, 0.3) is 5.91 Å². The molecule has 3 aromatic rings. The van der Waals surface area contributed by atoms with E-state index in [2.05, 4.69) is 26.1 Å². The molecule has 0 saturated heterocycles. The first-order valence-corrected chi connectivity index (χ1v) is 12.0. The van der Waals surface area contributed by atoms with Gasteiger partial charge in [-0.2, -0.15) is 4.31 Å². The normalized spacial score (nSPS) is 11.1. The number of nitrogens with one attached hydrogen (secondary N) is 3. The zero-order valence-electron chi connectivity index (χ0n) is 18.9. The van der Waals surface area contributed by atoms with Gasteiger partial charge in [0.05, 0.1) is 4.90 Å². The summed E-state index contributed by atoms with van der Waals surface area (Å²) in [6.07, 6.45) is 1.27. The smallest absolute Gasteiger partial charge is 0.276 e. The fourth-order valence-electron chi connectivity index (χ4n) is 2.98. The van der Waals surface area contributed by atoms with Crippen molar-refractivity contribution >= 4 is 38.9 Å². The summed E-state index contributed by atoms with van der Waals surface area (Å²) in [5.41, 5.74) is 12.0. The van der Waals surface area contributed by atoms with Crippen molar-refractivity contribution in [3.8, 4) is 5.75 Å². The number of nitrogens with two attached hydrogens (primary N) is 1. The quantitative estimate of drug-likeness (QED) is 0.300. The Bertz CT molecular complexity index is 1200. The maximum Gasteiger partial charge on any atom is 0.276 e. The first kappa shape index (κ1) is 24.7. The summed E-state index contributed by atoms with van der Waals surface area (Å²) < 4.78 is 32.0. The van der Waals surface area contributed by atoms with E-state index in [0.717, 1.165) is 0 Å². The third-order valence-electron chi connectivity index (χ3n) is 4.78. The predicted molar refractivity (Wildman–Crippen MR) is 130 cm³/mol. The lowest BCUT2D eigenvalue weighted by molar-refractivity contribution is -0.122. The molecule has 0 aliphatic heterocycles. The van der Waals surface area contributed by atoms with Crippen LogP contribution in [0.4, 0.5) is 23.0 Å². The number of para-hydroxylation sites is 1. The third-order valence-corrected chi connectivity index (χ3v) is 6.84. The molecule has 1 heterocycles. The number of sulfonamides is 1. The maximum absolute atomic E-state index is 12.6. The first-order chi connectivity index (χ1) is 16.3. The number of nitrogen functional groups attached to an aromatic ring is 1. The van der Waals surface area contributed by atoms with Crippen LogP contribution in [0.15, 0.2) is 65.8 Å². The van der Waals surface area contributed by atoms with Crippen molar-refractivity contribution in [3.63, 3.8) is 0 Å². The number of nitrogens with zero attached hydrogens (tertiary/aromatic N) is 3. The van der Waals surface area contributed by atoms with E-state index in [9.17, 15) is 13.2 Å². The second-order valence-electron chi connectivity index (χ2n) is 7.00. The number of aromatic nitrogens is 2. The van der Waals surface area contributed by atoms with Crippen LogP contribution in [-0.2, 0) is 14.8 Å². The third kappa shape index (κ3) is 6.11. The Labute approximate surface area is 198 Å². The summed E-state index contributed by atoms with van der Waals surface area (Å²) in [6.45, 7) is 4.16. The van der Waals surface area contributed by atoms with E-state index in [-0.39, 0.29) is 28.8 Å². The molecule has 11 nitrogen and oxygen atoms in total. The molecule has 1 amide bonds. The zero-order chi connectivity index (χ0) is 24.6. The molecule has 0 saturated carbocycles. The van der Waals surface area contributed by atoms with E-state index < -0.39 is 15.9 Å². The Morgan fingerprint density at radius 1 is 1.00 bits per heavy atom. The summed E-state index contributed by atoms with van der Waals surface area (Å²) in [4.78, 5) is 20.4. The van der Waals surface area contributed by atoms with Gasteiger partial charge < -0.3 is 15.8 Å². The highest BCUT2D eigenvalue weighted by atomic mass is 32.2. The molecule has 1 aromatic heterocycles. The Hall–Kier alpha value is -3.90. The van der Waals surface area contributed by atoms with E-state index in [4.69, 9.17) is 10.5 Å². The van der Waals surface area contributed by atoms with Crippen LogP contribution in [0.25, 0.3) is 0 Å². The average molecular weight is 486 g/mol. The molecule has 3 rings (SSSR count). The van der Waals surface area contributed by atoms with Gasteiger partial charge >= 0.3 is 0 Å². The Morgan fingerprint density at radius 3 is 2.29 bits per heavy atom. The highest BCUT2D eigenvalue weighted by molar-refractivity contribution is 7.89. The van der Waals surface area contributed by atoms with Crippen molar-refractivity contribution < 1.29 is 17.9 Å². The van der Waals surface area contributed by atoms with E-state index in [1.165, 1.54) is 22.8 Å². The topological polar surface area (TPSA) is 152 Å². The van der Waals surface area contributed by atoms with Crippen molar-refractivity contribution in [1.82, 2.24) is 19.7 Å². The molecule has 34 heavy (non-hydrogen) atoms. The highest BCUT2D eigenvalue weighted by Gasteiger charge is 2.21. The molecule has 0 aliphatic rings. The van der Waals surface area contributed by atoms with Crippen LogP contribution in [0, 0.1) is 0 Å². The number of hydrogen-bond donors (Lipinski definition) is 4. The summed E-state index contributed by atoms with van der Waals surface area (Å²) >= 11 is 0. The number of amides is 1. The minimum Gasteiger partial charge on any atom is -0.484 e. The van der Waals surface area contributed by atoms with Gasteiger partial charge in [0, 0.05) is 18.8 Å². The molecular formula is C22H27N7O4S. The number of carbonyl (C=O) groups is 1. The van der Waals surface area contributed by atoms with Crippen molar-refractivity contribution in [2.75, 3.05) is 36.2 Å². The SMILES string of the molecule is CCN(CC)S(=O)(=O)c1ccc(Nc2ncnc(NNC(=O)COc3ccccc3)c2N)cc1. The highest BCUT2D eigenvalue weighted by Crippen LogP contribution is 2.26. The monoisotopic (exact) mass is 485 g/mol. The van der Waals surface area contributed by atoms with Crippen LogP contribution < -0.4 is 26.6 Å². The van der Waals surface area contributed by atoms with Gasteiger partial charge in [0.2, 0.25) is 10.0 Å². The first-order valence-electron chi connectivity index (χ1n) is 10.6. The molecule has 0 radical (unpaired) electrons. The number of benzene rings is 2. The summed E-state index contributed by atoms with van der Waals surface area (Å²) in [5, 5.41) is 3.02. The van der Waals surface area contributed by atoms with Gasteiger partial charge in [-0.05, 0) is 36.4 Å². The number of hydrogen-bond acceptors (Lipinski definition) is 9. The van der Waals surface area contributed by atoms with Crippen LogP contribution in [0.2, 0.25) is 0 Å².